The fraction of sp³-hybridized carbons (Fsp3) is 0.435. The van der Waals surface area contributed by atoms with Crippen molar-refractivity contribution >= 4 is 5.91 Å². The van der Waals surface area contributed by atoms with Gasteiger partial charge in [0.25, 0.3) is 0 Å². The molecule has 1 unspecified atom stereocenters. The van der Waals surface area contributed by atoms with Gasteiger partial charge in [-0.2, -0.15) is 0 Å². The number of fused-ring (bicyclic) bond motifs is 1. The Morgan fingerprint density at radius 2 is 1.83 bits per heavy atom. The second-order valence-electron chi connectivity index (χ2n) is 7.28. The molecule has 0 radical (unpaired) electrons. The Morgan fingerprint density at radius 3 is 2.62 bits per heavy atom. The minimum Gasteiger partial charge on any atom is -0.497 e. The van der Waals surface area contributed by atoms with E-state index in [-0.39, 0.29) is 11.9 Å². The molecule has 1 amide bonds. The van der Waals surface area contributed by atoms with Crippen molar-refractivity contribution in [2.45, 2.75) is 31.7 Å². The molecule has 6 heteroatoms. The number of ether oxygens (including phenoxy) is 4. The number of nitrogens with zero attached hydrogens (tertiary/aromatic N) is 1. The van der Waals surface area contributed by atoms with E-state index in [0.717, 1.165) is 47.9 Å². The van der Waals surface area contributed by atoms with Crippen LogP contribution in [0.5, 0.6) is 23.0 Å². The number of benzene rings is 2. The predicted octanol–water partition coefficient (Wildman–Crippen LogP) is 3.99. The average molecular weight is 397 g/mol. The van der Waals surface area contributed by atoms with Crippen LogP contribution in [0.3, 0.4) is 0 Å². The summed E-state index contributed by atoms with van der Waals surface area (Å²) in [4.78, 5) is 14.8. The van der Waals surface area contributed by atoms with Gasteiger partial charge in [-0.25, -0.2) is 0 Å². The van der Waals surface area contributed by atoms with Crippen LogP contribution in [-0.4, -0.2) is 44.3 Å². The third kappa shape index (κ3) is 4.58. The summed E-state index contributed by atoms with van der Waals surface area (Å²) in [5.41, 5.74) is 1.12. The van der Waals surface area contributed by atoms with Gasteiger partial charge in [0.05, 0.1) is 19.8 Å². The summed E-state index contributed by atoms with van der Waals surface area (Å²) < 4.78 is 22.2. The van der Waals surface area contributed by atoms with Gasteiger partial charge in [-0.3, -0.25) is 4.79 Å². The molecule has 0 aliphatic carbocycles. The van der Waals surface area contributed by atoms with E-state index < -0.39 is 0 Å². The van der Waals surface area contributed by atoms with Gasteiger partial charge >= 0.3 is 0 Å². The smallest absolute Gasteiger partial charge is 0.223 e. The molecule has 1 fully saturated rings. The second-order valence-corrected chi connectivity index (χ2v) is 7.28. The zero-order chi connectivity index (χ0) is 20.1. The Labute approximate surface area is 171 Å². The van der Waals surface area contributed by atoms with Gasteiger partial charge in [0.15, 0.2) is 11.5 Å². The molecule has 0 saturated carbocycles. The topological polar surface area (TPSA) is 57.2 Å². The molecule has 2 aromatic carbocycles. The Hall–Kier alpha value is -2.89. The third-order valence-electron chi connectivity index (χ3n) is 5.39. The molecule has 154 valence electrons. The summed E-state index contributed by atoms with van der Waals surface area (Å²) >= 11 is 0. The van der Waals surface area contributed by atoms with Gasteiger partial charge in [0.1, 0.15) is 24.7 Å². The Balaban J connectivity index is 1.29. The van der Waals surface area contributed by atoms with E-state index in [2.05, 4.69) is 6.07 Å². The highest BCUT2D eigenvalue weighted by Crippen LogP contribution is 2.38. The van der Waals surface area contributed by atoms with Crippen LogP contribution in [0, 0.1) is 0 Å². The SMILES string of the molecule is COc1ccc(OCCCC(=O)N2CCCC2c2ccc3c(c2)OCCO3)cc1. The molecule has 1 atom stereocenters. The summed E-state index contributed by atoms with van der Waals surface area (Å²) in [6, 6.07) is 13.6. The fourth-order valence-electron chi connectivity index (χ4n) is 3.91. The zero-order valence-corrected chi connectivity index (χ0v) is 16.8. The molecular weight excluding hydrogens is 370 g/mol. The standard InChI is InChI=1S/C23H27NO5/c1-26-18-7-9-19(10-8-18)27-13-3-5-23(25)24-12-2-4-20(24)17-6-11-21-22(16-17)29-15-14-28-21/h6-11,16,20H,2-5,12-15H2,1H3. The number of rotatable bonds is 7. The van der Waals surface area contributed by atoms with Crippen LogP contribution in [0.1, 0.15) is 37.3 Å². The van der Waals surface area contributed by atoms with Gasteiger partial charge in [-0.15, -0.1) is 0 Å². The van der Waals surface area contributed by atoms with Gasteiger partial charge in [0.2, 0.25) is 5.91 Å². The highest BCUT2D eigenvalue weighted by molar-refractivity contribution is 5.77. The lowest BCUT2D eigenvalue weighted by atomic mass is 10.0. The first-order chi connectivity index (χ1) is 14.2. The number of likely N-dealkylation sites (tertiary alicyclic amines) is 1. The summed E-state index contributed by atoms with van der Waals surface area (Å²) in [6.07, 6.45) is 3.17. The first-order valence-corrected chi connectivity index (χ1v) is 10.2. The summed E-state index contributed by atoms with van der Waals surface area (Å²) in [6.45, 7) is 2.47. The van der Waals surface area contributed by atoms with Crippen LogP contribution in [0.4, 0.5) is 0 Å². The maximum absolute atomic E-state index is 12.8. The van der Waals surface area contributed by atoms with Crippen LogP contribution in [0.15, 0.2) is 42.5 Å². The Morgan fingerprint density at radius 1 is 1.07 bits per heavy atom. The first-order valence-electron chi connectivity index (χ1n) is 10.2. The van der Waals surface area contributed by atoms with Gasteiger partial charge in [0, 0.05) is 13.0 Å². The number of amides is 1. The fourth-order valence-corrected chi connectivity index (χ4v) is 3.91. The molecule has 2 aliphatic rings. The van der Waals surface area contributed by atoms with Crippen molar-refractivity contribution in [3.05, 3.63) is 48.0 Å². The van der Waals surface area contributed by atoms with Crippen molar-refractivity contribution in [2.75, 3.05) is 33.5 Å². The molecule has 1 saturated heterocycles. The highest BCUT2D eigenvalue weighted by Gasteiger charge is 2.30. The summed E-state index contributed by atoms with van der Waals surface area (Å²) in [5.74, 6) is 3.33. The molecular formula is C23H27NO5. The largest absolute Gasteiger partial charge is 0.497 e. The average Bonchev–Trinajstić information content (AvgIpc) is 3.27. The van der Waals surface area contributed by atoms with Crippen molar-refractivity contribution < 1.29 is 23.7 Å². The van der Waals surface area contributed by atoms with Crippen molar-refractivity contribution in [3.8, 4) is 23.0 Å². The van der Waals surface area contributed by atoms with Crippen LogP contribution in [-0.2, 0) is 4.79 Å². The minimum atomic E-state index is 0.112. The van der Waals surface area contributed by atoms with Gasteiger partial charge in [-0.05, 0) is 61.2 Å². The lowest BCUT2D eigenvalue weighted by Crippen LogP contribution is -2.30. The molecule has 0 spiro atoms. The van der Waals surface area contributed by atoms with Crippen LogP contribution in [0.2, 0.25) is 0 Å². The summed E-state index contributed by atoms with van der Waals surface area (Å²) in [7, 11) is 1.64. The monoisotopic (exact) mass is 397 g/mol. The van der Waals surface area contributed by atoms with E-state index >= 15 is 0 Å². The zero-order valence-electron chi connectivity index (χ0n) is 16.8. The van der Waals surface area contributed by atoms with Gasteiger partial charge < -0.3 is 23.8 Å². The van der Waals surface area contributed by atoms with Crippen molar-refractivity contribution in [1.29, 1.82) is 0 Å². The van der Waals surface area contributed by atoms with Crippen molar-refractivity contribution in [2.24, 2.45) is 0 Å². The minimum absolute atomic E-state index is 0.112. The predicted molar refractivity (Wildman–Crippen MR) is 109 cm³/mol. The maximum Gasteiger partial charge on any atom is 0.223 e. The van der Waals surface area contributed by atoms with Crippen molar-refractivity contribution in [1.82, 2.24) is 4.90 Å². The molecule has 6 nitrogen and oxygen atoms in total. The molecule has 2 aliphatic heterocycles. The quantitative estimate of drug-likeness (QED) is 0.661. The lowest BCUT2D eigenvalue weighted by molar-refractivity contribution is -0.132. The molecule has 4 rings (SSSR count). The normalized spacial score (nSPS) is 17.8. The van der Waals surface area contributed by atoms with E-state index in [4.69, 9.17) is 18.9 Å². The second kappa shape index (κ2) is 9.07. The third-order valence-corrected chi connectivity index (χ3v) is 5.39. The van der Waals surface area contributed by atoms with E-state index in [1.165, 1.54) is 0 Å². The molecule has 0 aromatic heterocycles. The van der Waals surface area contributed by atoms with Crippen LogP contribution in [0.25, 0.3) is 0 Å². The lowest BCUT2D eigenvalue weighted by Gasteiger charge is -2.27. The first kappa shape index (κ1) is 19.4. The molecule has 29 heavy (non-hydrogen) atoms. The number of hydrogen-bond acceptors (Lipinski definition) is 5. The molecule has 0 N–H and O–H groups in total. The number of methoxy groups -OCH3 is 1. The van der Waals surface area contributed by atoms with Gasteiger partial charge in [-0.1, -0.05) is 6.07 Å². The van der Waals surface area contributed by atoms with E-state index in [1.54, 1.807) is 7.11 Å². The maximum atomic E-state index is 12.8. The number of carbonyl (C=O) groups excluding carboxylic acids is 1. The van der Waals surface area contributed by atoms with E-state index in [0.29, 0.717) is 32.7 Å². The Bertz CT molecular complexity index is 836. The highest BCUT2D eigenvalue weighted by atomic mass is 16.6. The Kier molecular flexibility index (Phi) is 6.08. The van der Waals surface area contributed by atoms with Crippen LogP contribution >= 0.6 is 0 Å². The number of carbonyl (C=O) groups is 1. The molecule has 2 heterocycles. The number of hydrogen-bond donors (Lipinski definition) is 0. The van der Waals surface area contributed by atoms with Crippen molar-refractivity contribution in [3.63, 3.8) is 0 Å². The van der Waals surface area contributed by atoms with E-state index in [9.17, 15) is 4.79 Å². The summed E-state index contributed by atoms with van der Waals surface area (Å²) in [5, 5.41) is 0. The van der Waals surface area contributed by atoms with E-state index in [1.807, 2.05) is 41.3 Å². The molecule has 2 aromatic rings. The molecule has 0 bridgehead atoms. The van der Waals surface area contributed by atoms with Crippen LogP contribution < -0.4 is 18.9 Å².